The lowest BCUT2D eigenvalue weighted by atomic mass is 9.90. The van der Waals surface area contributed by atoms with Crippen LogP contribution in [0.5, 0.6) is 0 Å². The van der Waals surface area contributed by atoms with Crippen LogP contribution in [0.2, 0.25) is 0 Å². The van der Waals surface area contributed by atoms with E-state index in [-0.39, 0.29) is 45.6 Å². The van der Waals surface area contributed by atoms with Gasteiger partial charge in [-0.05, 0) is 38.5 Å². The third-order valence-electron chi connectivity index (χ3n) is 20.8. The smallest absolute Gasteiger partial charge is 0.407 e. The lowest BCUT2D eigenvalue weighted by Gasteiger charge is -2.35. The van der Waals surface area contributed by atoms with Gasteiger partial charge in [0.05, 0.1) is 72.1 Å². The van der Waals surface area contributed by atoms with Crippen molar-refractivity contribution in [1.29, 1.82) is 0 Å². The van der Waals surface area contributed by atoms with Crippen LogP contribution in [0.25, 0.3) is 0 Å². The van der Waals surface area contributed by atoms with Gasteiger partial charge in [-0.3, -0.25) is 9.59 Å². The summed E-state index contributed by atoms with van der Waals surface area (Å²) in [6.07, 6.45) is 19.3. The van der Waals surface area contributed by atoms with Crippen molar-refractivity contribution in [3.05, 3.63) is 221 Å². The molecule has 0 aliphatic heterocycles. The van der Waals surface area contributed by atoms with Crippen molar-refractivity contribution in [1.82, 2.24) is 19.0 Å². The average Bonchev–Trinajstić information content (AvgIpc) is 0.784. The number of unbranched alkanes of at least 4 members (excludes halogenated alkanes) is 10. The molecule has 1 N–H and O–H groups in total. The summed E-state index contributed by atoms with van der Waals surface area (Å²) in [5, 5.41) is 2.59. The third-order valence-corrected chi connectivity index (χ3v) is 20.8. The van der Waals surface area contributed by atoms with Gasteiger partial charge in [0.25, 0.3) is 0 Å². The van der Waals surface area contributed by atoms with Gasteiger partial charge in [0, 0.05) is 130 Å². The van der Waals surface area contributed by atoms with E-state index in [0.29, 0.717) is 77.0 Å². The summed E-state index contributed by atoms with van der Waals surface area (Å²) in [5.74, 6) is -14.4. The van der Waals surface area contributed by atoms with Crippen molar-refractivity contribution in [2.45, 2.75) is 136 Å². The van der Waals surface area contributed by atoms with E-state index in [1.54, 1.807) is 0 Å². The van der Waals surface area contributed by atoms with E-state index in [2.05, 4.69) is 104 Å². The van der Waals surface area contributed by atoms with Gasteiger partial charge in [0.15, 0.2) is 0 Å². The first-order valence-electron chi connectivity index (χ1n) is 46.8. The molecule has 824 valence electrons. The Labute approximate surface area is 863 Å². The summed E-state index contributed by atoms with van der Waals surface area (Å²) in [6, 6.07) is 0. The first-order valence-corrected chi connectivity index (χ1v) is 46.8. The van der Waals surface area contributed by atoms with Crippen molar-refractivity contribution >= 4 is 108 Å². The minimum absolute atomic E-state index is 0.0280. The average molecular weight is 2110 g/mol. The molecule has 0 atom stereocenters. The molecule has 0 unspecified atom stereocenters. The zero-order chi connectivity index (χ0) is 112. The summed E-state index contributed by atoms with van der Waals surface area (Å²) in [7, 11) is 0. The van der Waals surface area contributed by atoms with Gasteiger partial charge in [-0.25, -0.2) is 105 Å². The van der Waals surface area contributed by atoms with Crippen LogP contribution in [0.3, 0.4) is 0 Å². The van der Waals surface area contributed by atoms with Crippen molar-refractivity contribution in [3.8, 4) is 0 Å². The largest absolute Gasteiger partial charge is 0.465 e. The number of nitrogens with zero attached hydrogens (tertiary/aromatic N) is 3. The van der Waals surface area contributed by atoms with Gasteiger partial charge in [-0.15, -0.1) is 0 Å². The highest BCUT2D eigenvalue weighted by molar-refractivity contribution is 5.87. The molecule has 46 nitrogen and oxygen atoms in total. The van der Waals surface area contributed by atoms with E-state index >= 15 is 0 Å². The van der Waals surface area contributed by atoms with E-state index in [4.69, 9.17) is 99.5 Å². The second-order valence-electron chi connectivity index (χ2n) is 33.5. The van der Waals surface area contributed by atoms with Crippen LogP contribution in [-0.4, -0.2) is 286 Å². The molecule has 0 spiro atoms. The maximum absolute atomic E-state index is 13.9. The molecule has 149 heavy (non-hydrogen) atoms. The molecular weight excluding hydrogens is 1970 g/mol. The topological polar surface area (TPSA) is 579 Å². The summed E-state index contributed by atoms with van der Waals surface area (Å²) in [6.45, 7) is 41.6. The fourth-order valence-electron chi connectivity index (χ4n) is 12.2. The molecule has 1 heterocycles. The number of alkyl carbamates (subject to hydrolysis) is 1. The van der Waals surface area contributed by atoms with Crippen LogP contribution in [0.15, 0.2) is 204 Å². The normalized spacial score (nSPS) is 11.0. The van der Waals surface area contributed by atoms with Gasteiger partial charge in [-0.2, -0.15) is 0 Å². The van der Waals surface area contributed by atoms with Crippen LogP contribution >= 0.6 is 0 Å². The second-order valence-corrected chi connectivity index (χ2v) is 33.5. The number of nitrogens with one attached hydrogen (secondary N) is 1. The second kappa shape index (κ2) is 76.2. The van der Waals surface area contributed by atoms with Crippen LogP contribution in [0.4, 0.5) is 4.79 Å². The Morgan fingerprint density at radius 2 is 0.369 bits per heavy atom. The Kier molecular flexibility index (Phi) is 68.4. The molecular formula is C103H140N4O42. The summed E-state index contributed by atoms with van der Waals surface area (Å²) < 4.78 is 117. The highest BCUT2D eigenvalue weighted by atomic mass is 16.6. The number of amides is 1. The van der Waals surface area contributed by atoms with Crippen LogP contribution in [0, 0.1) is 32.5 Å². The highest BCUT2D eigenvalue weighted by Gasteiger charge is 2.45. The molecule has 1 rings (SSSR count). The summed E-state index contributed by atoms with van der Waals surface area (Å²) >= 11 is 0. The zero-order valence-electron chi connectivity index (χ0n) is 84.9. The van der Waals surface area contributed by atoms with Crippen molar-refractivity contribution in [2.75, 3.05) is 165 Å². The first kappa shape index (κ1) is 134. The molecule has 46 heteroatoms. The van der Waals surface area contributed by atoms with Gasteiger partial charge in [-0.1, -0.05) is 164 Å². The van der Waals surface area contributed by atoms with Gasteiger partial charge < -0.3 is 105 Å². The minimum Gasteiger partial charge on any atom is -0.465 e. The fourth-order valence-corrected chi connectivity index (χ4v) is 12.2. The molecule has 0 radical (unpaired) electrons. The van der Waals surface area contributed by atoms with Gasteiger partial charge in [0.1, 0.15) is 119 Å². The number of esters is 17. The van der Waals surface area contributed by atoms with Crippen molar-refractivity contribution in [2.24, 2.45) is 32.5 Å². The number of rotatable bonds is 85. The van der Waals surface area contributed by atoms with E-state index in [1.165, 1.54) is 0 Å². The third kappa shape index (κ3) is 56.8. The molecule has 1 amide bonds. The summed E-state index contributed by atoms with van der Waals surface area (Å²) in [5.41, 5.74) is -11.8. The number of ether oxygens (including phenoxy) is 21. The first-order chi connectivity index (χ1) is 71.1. The Morgan fingerprint density at radius 3 is 0.564 bits per heavy atom. The van der Waals surface area contributed by atoms with Crippen LogP contribution in [-0.2, 0) is 201 Å². The maximum Gasteiger partial charge on any atom is 0.407 e. The number of carbonyl (C=O) groups is 18. The van der Waals surface area contributed by atoms with E-state index in [9.17, 15) is 101 Å². The Morgan fingerprint density at radius 1 is 0.208 bits per heavy atom. The molecule has 0 saturated carbocycles. The molecule has 0 aliphatic rings. The number of hydrogen-bond donors (Lipinski definition) is 1. The fraction of sp³-hybridized carbons (Fsp3) is 0.505. The number of hydrogen-bond acceptors (Lipinski definition) is 42. The summed E-state index contributed by atoms with van der Waals surface area (Å²) in [4.78, 5) is 262. The van der Waals surface area contributed by atoms with E-state index in [0.717, 1.165) is 118 Å². The zero-order valence-corrected chi connectivity index (χ0v) is 84.9. The number of carbonyl (C=O) groups excluding carboxylic acids is 18. The van der Waals surface area contributed by atoms with Crippen LogP contribution < -0.4 is 22.4 Å². The van der Waals surface area contributed by atoms with Crippen molar-refractivity contribution in [3.63, 3.8) is 0 Å². The SMILES string of the molecule is C=CC(=O)OCC(COCC(COC(=O)C=C)(COC(=O)C=C)COC(=O)CCCCC)(COC(=O)C=C)COC(=O)C=C.C=CC(=O)OCC(COCC(COC(=O)C=C)(COC(=O)C=C)COC(=O)CCCCCCCn1c(=O)n(CCCC)c(=O)n(CCCCCCNC(=O)OCC(COCC(COC(=O)C=C)(COC(=O)C=C)COC(=O)C=C)(COC(=O)C=C)COC(=O)C=C)c1=O)(COC(=O)C=C)COC(=O)C=C. The predicted molar refractivity (Wildman–Crippen MR) is 530 cm³/mol. The Balaban J connectivity index is 0.00000414. The van der Waals surface area contributed by atoms with Crippen molar-refractivity contribution < 1.29 is 186 Å². The molecule has 0 fully saturated rings. The number of aromatic nitrogens is 3. The molecule has 1 aromatic heterocycles. The lowest BCUT2D eigenvalue weighted by molar-refractivity contribution is -0.174. The molecule has 1 aromatic rings. The minimum atomic E-state index is -1.68. The quantitative estimate of drug-likeness (QED) is 0.0292. The Bertz CT molecular complexity index is 4480. The molecule has 0 saturated heterocycles. The highest BCUT2D eigenvalue weighted by Crippen LogP contribution is 2.31. The Hall–Kier alpha value is -15.4. The van der Waals surface area contributed by atoms with Gasteiger partial charge in [0.2, 0.25) is 0 Å². The predicted octanol–water partition coefficient (Wildman–Crippen LogP) is 7.16. The van der Waals surface area contributed by atoms with E-state index in [1.807, 2.05) is 13.8 Å². The molecule has 0 aliphatic carbocycles. The molecule has 0 bridgehead atoms. The van der Waals surface area contributed by atoms with E-state index < -0.39 is 309 Å². The lowest BCUT2D eigenvalue weighted by Crippen LogP contribution is -2.54. The monoisotopic (exact) mass is 2100 g/mol. The van der Waals surface area contributed by atoms with Crippen LogP contribution in [0.1, 0.15) is 117 Å². The maximum atomic E-state index is 13.9. The molecule has 0 aromatic carbocycles. The standard InChI is InChI=1S/C72H98N4O29.C31H42O13/c1-12-23-35-74-66(89)75(36-31-27-24-25-29-33-64(87)104-52-71(48-100-60(83)19-8,49-101-61(84)20-9)40-92-38-69(42-94-54(77)13-2,43-95-55(78)14-3)44-96-56(79)15-4)68(91)76(67(74)90)37-32-28-26-30-34-73-65(88)105-53-72(50-102-62(85)21-10,51-103-63(86)22-11)41-93-39-70(45-97-57(80)16-5,46-98-58(81)17-6)47-99-59(82)18-7;1-7-13-14-15-29(37)44-23-31(21-42-27(35)11-5,22-43-28(36)12-6)17-38-16-30(18-39-24(32)8-2,19-40-25(33)9-3)20-41-26(34)10-4/h13-22H,2-12,23-53H2,1H3,(H,73,88);8-12H,2-7,13-23H2,1H3. The van der Waals surface area contributed by atoms with Gasteiger partial charge >= 0.3 is 125 Å².